The third kappa shape index (κ3) is 1.24. The predicted molar refractivity (Wildman–Crippen MR) is 62.6 cm³/mol. The molecule has 3 rings (SSSR count). The Hall–Kier alpha value is -0.570. The maximum absolute atomic E-state index is 12.2. The number of Topliss-reactive ketones (excluding diaryl/α,β-unsaturated/α-hetero) is 1. The zero-order valence-corrected chi connectivity index (χ0v) is 10.9. The van der Waals surface area contributed by atoms with Crippen LogP contribution in [0.25, 0.3) is 0 Å². The maximum atomic E-state index is 12.2. The molecule has 3 fully saturated rings. The van der Waals surface area contributed by atoms with Gasteiger partial charge in [-0.05, 0) is 42.4 Å². The van der Waals surface area contributed by atoms with Gasteiger partial charge < -0.3 is 4.74 Å². The molecule has 1 unspecified atom stereocenters. The van der Waals surface area contributed by atoms with Gasteiger partial charge in [-0.2, -0.15) is 0 Å². The van der Waals surface area contributed by atoms with E-state index in [1.165, 1.54) is 7.11 Å². The number of carbonyl (C=O) groups is 2. The summed E-state index contributed by atoms with van der Waals surface area (Å²) in [6, 6.07) is 0. The highest BCUT2D eigenvalue weighted by molar-refractivity contribution is 6.33. The average molecular weight is 257 g/mol. The molecule has 0 heterocycles. The molecule has 3 aliphatic carbocycles. The fourth-order valence-electron chi connectivity index (χ4n) is 4.72. The third-order valence-corrected chi connectivity index (χ3v) is 5.96. The summed E-state index contributed by atoms with van der Waals surface area (Å²) in [6.45, 7) is 2.20. The molecule has 94 valence electrons. The summed E-state index contributed by atoms with van der Waals surface area (Å²) >= 11 is 6.32. The van der Waals surface area contributed by atoms with Crippen LogP contribution in [0.1, 0.15) is 26.2 Å². The van der Waals surface area contributed by atoms with Crippen LogP contribution in [0, 0.1) is 29.1 Å². The molecular weight excluding hydrogens is 240 g/mol. The number of esters is 1. The highest BCUT2D eigenvalue weighted by atomic mass is 35.5. The van der Waals surface area contributed by atoms with E-state index in [4.69, 9.17) is 16.3 Å². The monoisotopic (exact) mass is 256 g/mol. The van der Waals surface area contributed by atoms with E-state index in [0.717, 1.165) is 19.3 Å². The predicted octanol–water partition coefficient (Wildman–Crippen LogP) is 2.02. The number of carbonyl (C=O) groups excluding carboxylic acids is 2. The number of halogens is 1. The fraction of sp³-hybridized carbons (Fsp3) is 0.846. The van der Waals surface area contributed by atoms with E-state index in [0.29, 0.717) is 5.92 Å². The molecule has 0 amide bonds. The van der Waals surface area contributed by atoms with E-state index in [9.17, 15) is 9.59 Å². The maximum Gasteiger partial charge on any atom is 0.316 e. The van der Waals surface area contributed by atoms with Crippen molar-refractivity contribution in [2.45, 2.75) is 31.6 Å². The van der Waals surface area contributed by atoms with Gasteiger partial charge in [-0.25, -0.2) is 0 Å². The smallest absolute Gasteiger partial charge is 0.316 e. The van der Waals surface area contributed by atoms with Gasteiger partial charge in [-0.1, -0.05) is 6.92 Å². The minimum atomic E-state index is -0.617. The zero-order chi connectivity index (χ0) is 12.4. The number of hydrogen-bond acceptors (Lipinski definition) is 3. The average Bonchev–Trinajstić information content (AvgIpc) is 2.74. The molecule has 0 radical (unpaired) electrons. The lowest BCUT2D eigenvalue weighted by Gasteiger charge is -2.43. The van der Waals surface area contributed by atoms with Crippen LogP contribution in [0.5, 0.6) is 0 Å². The number of alkyl halides is 1. The molecule has 0 spiro atoms. The molecule has 3 aliphatic rings. The number of ketones is 1. The van der Waals surface area contributed by atoms with Gasteiger partial charge in [0, 0.05) is 0 Å². The van der Waals surface area contributed by atoms with Crippen LogP contribution in [0.2, 0.25) is 0 Å². The summed E-state index contributed by atoms with van der Waals surface area (Å²) in [5.74, 6) is -0.141. The summed E-state index contributed by atoms with van der Waals surface area (Å²) < 4.78 is 4.79. The van der Waals surface area contributed by atoms with Gasteiger partial charge in [-0.3, -0.25) is 9.59 Å². The Kier molecular flexibility index (Phi) is 2.35. The van der Waals surface area contributed by atoms with Gasteiger partial charge in [0.05, 0.1) is 12.5 Å². The lowest BCUT2D eigenvalue weighted by atomic mass is 9.61. The van der Waals surface area contributed by atoms with Crippen molar-refractivity contribution in [3.8, 4) is 0 Å². The molecule has 0 aromatic rings. The quantitative estimate of drug-likeness (QED) is 0.410. The molecule has 4 bridgehead atoms. The molecule has 0 N–H and O–H groups in total. The second kappa shape index (κ2) is 3.47. The van der Waals surface area contributed by atoms with Crippen LogP contribution >= 0.6 is 11.6 Å². The zero-order valence-electron chi connectivity index (χ0n) is 10.1. The number of methoxy groups -OCH3 is 1. The van der Waals surface area contributed by atoms with E-state index in [2.05, 4.69) is 6.92 Å². The number of hydrogen-bond donors (Lipinski definition) is 0. The van der Waals surface area contributed by atoms with E-state index < -0.39 is 17.3 Å². The van der Waals surface area contributed by atoms with Gasteiger partial charge in [0.1, 0.15) is 5.92 Å². The fourth-order valence-corrected chi connectivity index (χ4v) is 5.35. The van der Waals surface area contributed by atoms with Gasteiger partial charge in [0.15, 0.2) is 5.78 Å². The van der Waals surface area contributed by atoms with Crippen molar-refractivity contribution < 1.29 is 14.3 Å². The minimum absolute atomic E-state index is 0.0733. The molecule has 0 aromatic carbocycles. The van der Waals surface area contributed by atoms with E-state index >= 15 is 0 Å². The highest BCUT2D eigenvalue weighted by Gasteiger charge is 2.67. The van der Waals surface area contributed by atoms with Gasteiger partial charge in [0.2, 0.25) is 0 Å². The summed E-state index contributed by atoms with van der Waals surface area (Å²) in [5, 5.41) is -0.490. The first kappa shape index (κ1) is 11.5. The van der Waals surface area contributed by atoms with Crippen LogP contribution < -0.4 is 0 Å². The largest absolute Gasteiger partial charge is 0.468 e. The molecule has 4 heteroatoms. The van der Waals surface area contributed by atoms with Crippen LogP contribution in [-0.2, 0) is 14.3 Å². The molecule has 3 saturated carbocycles. The van der Waals surface area contributed by atoms with Crippen molar-refractivity contribution in [2.75, 3.05) is 7.11 Å². The van der Waals surface area contributed by atoms with Gasteiger partial charge in [-0.15, -0.1) is 11.6 Å². The topological polar surface area (TPSA) is 43.4 Å². The van der Waals surface area contributed by atoms with Crippen molar-refractivity contribution in [2.24, 2.45) is 29.1 Å². The lowest BCUT2D eigenvalue weighted by molar-refractivity contribution is -0.156. The Balaban J connectivity index is 2.03. The number of ether oxygens (including phenoxy) is 1. The Morgan fingerprint density at radius 3 is 2.88 bits per heavy atom. The first-order valence-corrected chi connectivity index (χ1v) is 6.70. The van der Waals surface area contributed by atoms with Gasteiger partial charge in [0.25, 0.3) is 0 Å². The Morgan fingerprint density at radius 1 is 1.53 bits per heavy atom. The molecule has 0 aromatic heterocycles. The minimum Gasteiger partial charge on any atom is -0.468 e. The summed E-state index contributed by atoms with van der Waals surface area (Å²) in [5.41, 5.74) is 0.0733. The van der Waals surface area contributed by atoms with E-state index in [-0.39, 0.29) is 23.0 Å². The standard InChI is InChI=1S/C13H17ClO3/c1-13-4-3-6-5-7(13)8(12(16)17-2)11(15)10(14)9(6)13/h6-10H,3-5H2,1-2H3/t6-,7+,8?,9+,10+,13+/m1/s1. The Morgan fingerprint density at radius 2 is 2.24 bits per heavy atom. The van der Waals surface area contributed by atoms with Crippen LogP contribution in [-0.4, -0.2) is 24.2 Å². The highest BCUT2D eigenvalue weighted by Crippen LogP contribution is 2.68. The number of rotatable bonds is 1. The van der Waals surface area contributed by atoms with Gasteiger partial charge >= 0.3 is 5.97 Å². The lowest BCUT2D eigenvalue weighted by Crippen LogP contribution is -2.51. The van der Waals surface area contributed by atoms with E-state index in [1.54, 1.807) is 0 Å². The second-order valence-corrected chi connectivity index (χ2v) is 6.45. The molecule has 17 heavy (non-hydrogen) atoms. The normalized spacial score (nSPS) is 51.7. The van der Waals surface area contributed by atoms with E-state index in [1.807, 2.05) is 0 Å². The van der Waals surface area contributed by atoms with Crippen LogP contribution in [0.3, 0.4) is 0 Å². The summed E-state index contributed by atoms with van der Waals surface area (Å²) in [6.07, 6.45) is 3.22. The van der Waals surface area contributed by atoms with Crippen molar-refractivity contribution >= 4 is 23.4 Å². The summed E-state index contributed by atoms with van der Waals surface area (Å²) in [4.78, 5) is 24.0. The molecule has 3 nitrogen and oxygen atoms in total. The second-order valence-electron chi connectivity index (χ2n) is 5.98. The van der Waals surface area contributed by atoms with Crippen LogP contribution in [0.15, 0.2) is 0 Å². The van der Waals surface area contributed by atoms with Crippen molar-refractivity contribution in [1.82, 2.24) is 0 Å². The first-order chi connectivity index (χ1) is 8.00. The molecular formula is C13H17ClO3. The van der Waals surface area contributed by atoms with Crippen molar-refractivity contribution in [3.63, 3.8) is 0 Å². The van der Waals surface area contributed by atoms with Crippen molar-refractivity contribution in [3.05, 3.63) is 0 Å². The Bertz CT molecular complexity index is 394. The Labute approximate surface area is 106 Å². The molecule has 6 atom stereocenters. The van der Waals surface area contributed by atoms with Crippen LogP contribution in [0.4, 0.5) is 0 Å². The third-order valence-electron chi connectivity index (χ3n) is 5.48. The van der Waals surface area contributed by atoms with Crippen molar-refractivity contribution in [1.29, 1.82) is 0 Å². The summed E-state index contributed by atoms with van der Waals surface area (Å²) in [7, 11) is 1.35. The first-order valence-electron chi connectivity index (χ1n) is 6.26. The molecule has 0 saturated heterocycles. The SMILES string of the molecule is COC(=O)C1C(=O)[C@@H](Cl)[C@@H]2[C@@H]3CC[C@@]2(C)[C@H]1C3. The molecule has 0 aliphatic heterocycles.